The lowest BCUT2D eigenvalue weighted by Crippen LogP contribution is -2.44. The van der Waals surface area contributed by atoms with Crippen LogP contribution in [0.4, 0.5) is 23.1 Å². The van der Waals surface area contributed by atoms with Gasteiger partial charge < -0.3 is 20.4 Å². The molecule has 30 heavy (non-hydrogen) atoms. The number of anilines is 4. The third-order valence-electron chi connectivity index (χ3n) is 5.26. The van der Waals surface area contributed by atoms with Gasteiger partial charge in [0.25, 0.3) is 0 Å². The Labute approximate surface area is 178 Å². The first-order valence-corrected chi connectivity index (χ1v) is 10.5. The molecule has 0 spiro atoms. The zero-order chi connectivity index (χ0) is 20.8. The van der Waals surface area contributed by atoms with E-state index in [1.807, 2.05) is 24.4 Å². The zero-order valence-electron chi connectivity index (χ0n) is 17.7. The number of piperazine rings is 1. The first-order chi connectivity index (χ1) is 14.7. The largest absolute Gasteiger partial charge is 0.370 e. The van der Waals surface area contributed by atoms with Crippen molar-refractivity contribution in [2.45, 2.75) is 13.3 Å². The lowest BCUT2D eigenvalue weighted by molar-refractivity contribution is 0.313. The predicted octanol–water partition coefficient (Wildman–Crippen LogP) is 3.86. The van der Waals surface area contributed by atoms with Crippen LogP contribution in [0.5, 0.6) is 0 Å². The molecular formula is C23H29N7. The van der Waals surface area contributed by atoms with Crippen molar-refractivity contribution in [3.63, 3.8) is 0 Å². The zero-order valence-corrected chi connectivity index (χ0v) is 17.7. The summed E-state index contributed by atoms with van der Waals surface area (Å²) in [5.41, 5.74) is 4.04. The molecule has 2 N–H and O–H groups in total. The molecule has 1 fully saturated rings. The molecule has 7 nitrogen and oxygen atoms in total. The van der Waals surface area contributed by atoms with E-state index in [9.17, 15) is 0 Å². The Balaban J connectivity index is 1.41. The number of pyridine rings is 1. The Morgan fingerprint density at radius 2 is 1.73 bits per heavy atom. The van der Waals surface area contributed by atoms with Crippen molar-refractivity contribution in [2.24, 2.45) is 0 Å². The molecule has 7 heteroatoms. The van der Waals surface area contributed by atoms with E-state index in [2.05, 4.69) is 73.6 Å². The maximum atomic E-state index is 4.65. The summed E-state index contributed by atoms with van der Waals surface area (Å²) in [5.74, 6) is 1.46. The quantitative estimate of drug-likeness (QED) is 0.621. The van der Waals surface area contributed by atoms with Gasteiger partial charge in [0.15, 0.2) is 0 Å². The number of nitrogens with zero attached hydrogens (tertiary/aromatic N) is 5. The van der Waals surface area contributed by atoms with E-state index in [1.165, 1.54) is 5.69 Å². The number of benzene rings is 1. The van der Waals surface area contributed by atoms with Gasteiger partial charge in [-0.15, -0.1) is 0 Å². The molecule has 0 bridgehead atoms. The van der Waals surface area contributed by atoms with Crippen LogP contribution in [0, 0.1) is 0 Å². The van der Waals surface area contributed by atoms with Crippen LogP contribution in [-0.4, -0.2) is 59.6 Å². The van der Waals surface area contributed by atoms with E-state index in [1.54, 1.807) is 6.20 Å². The monoisotopic (exact) mass is 403 g/mol. The van der Waals surface area contributed by atoms with E-state index in [-0.39, 0.29) is 0 Å². The average molecular weight is 404 g/mol. The lowest BCUT2D eigenvalue weighted by atomic mass is 10.2. The molecule has 1 saturated heterocycles. The highest BCUT2D eigenvalue weighted by atomic mass is 15.2. The molecule has 1 aliphatic heterocycles. The van der Waals surface area contributed by atoms with Crippen LogP contribution in [0.2, 0.25) is 0 Å². The third-order valence-corrected chi connectivity index (χ3v) is 5.26. The van der Waals surface area contributed by atoms with Crippen LogP contribution in [0.1, 0.15) is 13.3 Å². The topological polar surface area (TPSA) is 69.2 Å². The second-order valence-corrected chi connectivity index (χ2v) is 7.59. The average Bonchev–Trinajstić information content (AvgIpc) is 2.79. The summed E-state index contributed by atoms with van der Waals surface area (Å²) >= 11 is 0. The first kappa shape index (κ1) is 20.1. The molecule has 3 heterocycles. The van der Waals surface area contributed by atoms with E-state index < -0.39 is 0 Å². The minimum atomic E-state index is 0.577. The van der Waals surface area contributed by atoms with Crippen molar-refractivity contribution < 1.29 is 0 Å². The maximum Gasteiger partial charge on any atom is 0.227 e. The number of aromatic nitrogens is 3. The molecule has 0 saturated carbocycles. The summed E-state index contributed by atoms with van der Waals surface area (Å²) < 4.78 is 0. The molecular weight excluding hydrogens is 374 g/mol. The lowest BCUT2D eigenvalue weighted by Gasteiger charge is -2.34. The van der Waals surface area contributed by atoms with Crippen LogP contribution >= 0.6 is 0 Å². The molecule has 2 aromatic heterocycles. The van der Waals surface area contributed by atoms with Crippen molar-refractivity contribution >= 4 is 23.1 Å². The number of hydrogen-bond acceptors (Lipinski definition) is 7. The van der Waals surface area contributed by atoms with Crippen LogP contribution < -0.4 is 15.5 Å². The number of likely N-dealkylation sites (N-methyl/N-ethyl adjacent to an activating group) is 1. The van der Waals surface area contributed by atoms with E-state index in [0.29, 0.717) is 5.95 Å². The molecule has 0 unspecified atom stereocenters. The van der Waals surface area contributed by atoms with E-state index in [4.69, 9.17) is 0 Å². The smallest absolute Gasteiger partial charge is 0.227 e. The van der Waals surface area contributed by atoms with E-state index in [0.717, 1.165) is 61.9 Å². The second kappa shape index (κ2) is 9.54. The van der Waals surface area contributed by atoms with E-state index >= 15 is 0 Å². The summed E-state index contributed by atoms with van der Waals surface area (Å²) in [5, 5.41) is 6.59. The Hall–Kier alpha value is -3.19. The number of rotatable bonds is 7. The molecule has 1 aromatic carbocycles. The number of nitrogens with one attached hydrogen (secondary N) is 2. The summed E-state index contributed by atoms with van der Waals surface area (Å²) in [6, 6.07) is 14.4. The minimum Gasteiger partial charge on any atom is -0.370 e. The third kappa shape index (κ3) is 5.04. The summed E-state index contributed by atoms with van der Waals surface area (Å²) in [7, 11) is 2.17. The maximum absolute atomic E-state index is 4.65. The normalized spacial score (nSPS) is 14.5. The predicted molar refractivity (Wildman–Crippen MR) is 123 cm³/mol. The molecule has 4 rings (SSSR count). The van der Waals surface area contributed by atoms with Gasteiger partial charge in [0.1, 0.15) is 5.82 Å². The fourth-order valence-corrected chi connectivity index (χ4v) is 3.43. The highest BCUT2D eigenvalue weighted by Crippen LogP contribution is 2.23. The van der Waals surface area contributed by atoms with Crippen LogP contribution in [-0.2, 0) is 0 Å². The highest BCUT2D eigenvalue weighted by Gasteiger charge is 2.14. The van der Waals surface area contributed by atoms with Gasteiger partial charge in [-0.3, -0.25) is 0 Å². The van der Waals surface area contributed by atoms with Gasteiger partial charge in [-0.2, -0.15) is 0 Å². The number of hydrogen-bond donors (Lipinski definition) is 2. The van der Waals surface area contributed by atoms with Crippen molar-refractivity contribution in [3.05, 3.63) is 54.9 Å². The van der Waals surface area contributed by atoms with Crippen molar-refractivity contribution in [1.29, 1.82) is 0 Å². The van der Waals surface area contributed by atoms with Crippen LogP contribution in [0.15, 0.2) is 54.9 Å². The Morgan fingerprint density at radius 1 is 0.933 bits per heavy atom. The van der Waals surface area contributed by atoms with Crippen LogP contribution in [0.3, 0.4) is 0 Å². The van der Waals surface area contributed by atoms with Crippen molar-refractivity contribution in [3.8, 4) is 11.3 Å². The van der Waals surface area contributed by atoms with Gasteiger partial charge in [-0.05, 0) is 55.9 Å². The fraction of sp³-hybridized carbons (Fsp3) is 0.348. The van der Waals surface area contributed by atoms with Gasteiger partial charge in [-0.1, -0.05) is 6.92 Å². The Kier molecular flexibility index (Phi) is 6.39. The van der Waals surface area contributed by atoms with Gasteiger partial charge in [0.05, 0.1) is 5.69 Å². The fourth-order valence-electron chi connectivity index (χ4n) is 3.43. The molecule has 1 aliphatic rings. The summed E-state index contributed by atoms with van der Waals surface area (Å²) in [4.78, 5) is 18.3. The molecule has 3 aromatic rings. The molecule has 0 aliphatic carbocycles. The first-order valence-electron chi connectivity index (χ1n) is 10.5. The molecule has 156 valence electrons. The van der Waals surface area contributed by atoms with Gasteiger partial charge in [0.2, 0.25) is 5.95 Å². The van der Waals surface area contributed by atoms with Crippen molar-refractivity contribution in [1.82, 2.24) is 19.9 Å². The van der Waals surface area contributed by atoms with Crippen molar-refractivity contribution in [2.75, 3.05) is 55.3 Å². The van der Waals surface area contributed by atoms with Gasteiger partial charge in [-0.25, -0.2) is 15.0 Å². The highest BCUT2D eigenvalue weighted by molar-refractivity contribution is 5.63. The van der Waals surface area contributed by atoms with Crippen LogP contribution in [0.25, 0.3) is 11.3 Å². The minimum absolute atomic E-state index is 0.577. The SMILES string of the molecule is CCCNc1ccc(-c2ccnc(Nc3ccc(N4CCN(C)CC4)cc3)n2)cn1. The standard InChI is InChI=1S/C23H29N7/c1-3-11-24-22-9-4-18(17-26-22)21-10-12-25-23(28-21)27-19-5-7-20(8-6-19)30-15-13-29(2)14-16-30/h4-10,12,17H,3,11,13-16H2,1-2H3,(H,24,26)(H,25,27,28). The Bertz CT molecular complexity index is 933. The Morgan fingerprint density at radius 3 is 2.43 bits per heavy atom. The molecule has 0 radical (unpaired) electrons. The molecule has 0 amide bonds. The molecule has 0 atom stereocenters. The van der Waals surface area contributed by atoms with Gasteiger partial charge in [0, 0.05) is 62.1 Å². The second-order valence-electron chi connectivity index (χ2n) is 7.59. The summed E-state index contributed by atoms with van der Waals surface area (Å²) in [6.07, 6.45) is 4.68. The van der Waals surface area contributed by atoms with Gasteiger partial charge >= 0.3 is 0 Å². The summed E-state index contributed by atoms with van der Waals surface area (Å²) in [6.45, 7) is 7.39.